The van der Waals surface area contributed by atoms with Gasteiger partial charge in [0, 0.05) is 12.5 Å². The van der Waals surface area contributed by atoms with Gasteiger partial charge in [0.25, 0.3) is 0 Å². The zero-order chi connectivity index (χ0) is 9.10. The van der Waals surface area contributed by atoms with Crippen LogP contribution in [-0.4, -0.2) is 23.1 Å². The number of halogens is 1. The summed E-state index contributed by atoms with van der Waals surface area (Å²) in [6.07, 6.45) is 4.71. The molecule has 1 aliphatic rings. The second kappa shape index (κ2) is 3.79. The number of nitrogens with zero attached hydrogens (tertiary/aromatic N) is 2. The molecule has 1 saturated heterocycles. The van der Waals surface area contributed by atoms with Gasteiger partial charge < -0.3 is 5.32 Å². The molecule has 0 spiro atoms. The highest BCUT2D eigenvalue weighted by Gasteiger charge is 2.17. The highest BCUT2D eigenvalue weighted by atomic mass is 19.1. The largest absolute Gasteiger partial charge is 0.316 e. The van der Waals surface area contributed by atoms with Crippen LogP contribution < -0.4 is 5.32 Å². The average molecular weight is 181 g/mol. The molecule has 1 aromatic heterocycles. The zero-order valence-corrected chi connectivity index (χ0v) is 7.33. The number of hydrogen-bond acceptors (Lipinski definition) is 3. The third-order valence-electron chi connectivity index (χ3n) is 2.30. The first-order valence-corrected chi connectivity index (χ1v) is 4.54. The lowest BCUT2D eigenvalue weighted by molar-refractivity contribution is 0.444. The van der Waals surface area contributed by atoms with Crippen LogP contribution in [0.15, 0.2) is 12.4 Å². The van der Waals surface area contributed by atoms with Crippen LogP contribution in [0.1, 0.15) is 24.6 Å². The Labute approximate surface area is 76.4 Å². The minimum absolute atomic E-state index is 0.356. The molecule has 1 atom stereocenters. The maximum Gasteiger partial charge on any atom is 0.159 e. The number of rotatable bonds is 1. The fourth-order valence-corrected chi connectivity index (χ4v) is 1.61. The summed E-state index contributed by atoms with van der Waals surface area (Å²) >= 11 is 0. The van der Waals surface area contributed by atoms with Crippen LogP contribution in [0.3, 0.4) is 0 Å². The Morgan fingerprint density at radius 1 is 1.38 bits per heavy atom. The molecule has 0 aromatic carbocycles. The molecule has 0 bridgehead atoms. The first kappa shape index (κ1) is 8.56. The van der Waals surface area contributed by atoms with Crippen molar-refractivity contribution in [2.24, 2.45) is 0 Å². The first-order valence-electron chi connectivity index (χ1n) is 4.54. The second-order valence-corrected chi connectivity index (χ2v) is 3.30. The van der Waals surface area contributed by atoms with Crippen molar-refractivity contribution in [3.05, 3.63) is 24.0 Å². The molecular formula is C9H12FN3. The molecule has 3 nitrogen and oxygen atoms in total. The monoisotopic (exact) mass is 181 g/mol. The molecule has 13 heavy (non-hydrogen) atoms. The summed E-state index contributed by atoms with van der Waals surface area (Å²) in [4.78, 5) is 7.95. The molecule has 1 aromatic rings. The molecule has 0 radical (unpaired) electrons. The Morgan fingerprint density at radius 2 is 2.15 bits per heavy atom. The third kappa shape index (κ3) is 2.01. The number of piperidine rings is 1. The van der Waals surface area contributed by atoms with Crippen molar-refractivity contribution in [2.75, 3.05) is 13.1 Å². The van der Waals surface area contributed by atoms with Crippen LogP contribution in [0.5, 0.6) is 0 Å². The van der Waals surface area contributed by atoms with Crippen LogP contribution in [0.25, 0.3) is 0 Å². The Hall–Kier alpha value is -1.03. The SMILES string of the molecule is Fc1cnc(C2CCCNC2)nc1. The lowest BCUT2D eigenvalue weighted by Gasteiger charge is -2.20. The van der Waals surface area contributed by atoms with Gasteiger partial charge in [-0.1, -0.05) is 0 Å². The van der Waals surface area contributed by atoms with E-state index in [2.05, 4.69) is 15.3 Å². The molecular weight excluding hydrogens is 169 g/mol. The van der Waals surface area contributed by atoms with Crippen LogP contribution in [0.2, 0.25) is 0 Å². The van der Waals surface area contributed by atoms with Crippen LogP contribution in [-0.2, 0) is 0 Å². The van der Waals surface area contributed by atoms with Crippen LogP contribution in [0.4, 0.5) is 4.39 Å². The van der Waals surface area contributed by atoms with E-state index in [9.17, 15) is 4.39 Å². The van der Waals surface area contributed by atoms with Gasteiger partial charge in [-0.25, -0.2) is 14.4 Å². The molecule has 2 rings (SSSR count). The maximum atomic E-state index is 12.5. The fourth-order valence-electron chi connectivity index (χ4n) is 1.61. The van der Waals surface area contributed by atoms with Crippen molar-refractivity contribution in [1.82, 2.24) is 15.3 Å². The number of hydrogen-bond donors (Lipinski definition) is 1. The standard InChI is InChI=1S/C9H12FN3/c10-8-5-12-9(13-6-8)7-2-1-3-11-4-7/h5-7,11H,1-4H2. The third-order valence-corrected chi connectivity index (χ3v) is 2.30. The molecule has 2 heterocycles. The molecule has 1 aliphatic heterocycles. The highest BCUT2D eigenvalue weighted by Crippen LogP contribution is 2.18. The van der Waals surface area contributed by atoms with E-state index in [1.165, 1.54) is 12.4 Å². The predicted octanol–water partition coefficient (Wildman–Crippen LogP) is 1.08. The molecule has 70 valence electrons. The summed E-state index contributed by atoms with van der Waals surface area (Å²) < 4.78 is 12.5. The maximum absolute atomic E-state index is 12.5. The lowest BCUT2D eigenvalue weighted by Crippen LogP contribution is -2.29. The van der Waals surface area contributed by atoms with E-state index in [0.29, 0.717) is 5.92 Å². The minimum Gasteiger partial charge on any atom is -0.316 e. The summed E-state index contributed by atoms with van der Waals surface area (Å²) in [6, 6.07) is 0. The van der Waals surface area contributed by atoms with Crippen LogP contribution in [0, 0.1) is 5.82 Å². The predicted molar refractivity (Wildman–Crippen MR) is 46.8 cm³/mol. The van der Waals surface area contributed by atoms with E-state index in [0.717, 1.165) is 31.8 Å². The van der Waals surface area contributed by atoms with E-state index in [-0.39, 0.29) is 5.82 Å². The van der Waals surface area contributed by atoms with Gasteiger partial charge in [-0.05, 0) is 19.4 Å². The zero-order valence-electron chi connectivity index (χ0n) is 7.33. The quantitative estimate of drug-likeness (QED) is 0.704. The van der Waals surface area contributed by atoms with Crippen molar-refractivity contribution < 1.29 is 4.39 Å². The first-order chi connectivity index (χ1) is 6.36. The van der Waals surface area contributed by atoms with Crippen molar-refractivity contribution >= 4 is 0 Å². The lowest BCUT2D eigenvalue weighted by atomic mass is 9.99. The second-order valence-electron chi connectivity index (χ2n) is 3.30. The van der Waals surface area contributed by atoms with Gasteiger partial charge in [0.1, 0.15) is 5.82 Å². The summed E-state index contributed by atoms with van der Waals surface area (Å²) in [5.74, 6) is 0.746. The van der Waals surface area contributed by atoms with Gasteiger partial charge in [0.15, 0.2) is 5.82 Å². The topological polar surface area (TPSA) is 37.8 Å². The Bertz CT molecular complexity index is 267. The van der Waals surface area contributed by atoms with E-state index >= 15 is 0 Å². The van der Waals surface area contributed by atoms with E-state index in [1.54, 1.807) is 0 Å². The average Bonchev–Trinajstić information content (AvgIpc) is 2.20. The summed E-state index contributed by atoms with van der Waals surface area (Å²) in [6.45, 7) is 1.98. The molecule has 0 saturated carbocycles. The van der Waals surface area contributed by atoms with Gasteiger partial charge in [0.2, 0.25) is 0 Å². The van der Waals surface area contributed by atoms with Crippen molar-refractivity contribution in [3.63, 3.8) is 0 Å². The van der Waals surface area contributed by atoms with Gasteiger partial charge in [-0.15, -0.1) is 0 Å². The fraction of sp³-hybridized carbons (Fsp3) is 0.556. The Morgan fingerprint density at radius 3 is 2.77 bits per heavy atom. The van der Waals surface area contributed by atoms with E-state index in [4.69, 9.17) is 0 Å². The Balaban J connectivity index is 2.10. The molecule has 4 heteroatoms. The smallest absolute Gasteiger partial charge is 0.159 e. The van der Waals surface area contributed by atoms with Gasteiger partial charge >= 0.3 is 0 Å². The van der Waals surface area contributed by atoms with Crippen LogP contribution >= 0.6 is 0 Å². The van der Waals surface area contributed by atoms with Gasteiger partial charge in [-0.3, -0.25) is 0 Å². The van der Waals surface area contributed by atoms with E-state index < -0.39 is 0 Å². The van der Waals surface area contributed by atoms with Crippen molar-refractivity contribution in [3.8, 4) is 0 Å². The van der Waals surface area contributed by atoms with E-state index in [1.807, 2.05) is 0 Å². The van der Waals surface area contributed by atoms with Crippen molar-refractivity contribution in [1.29, 1.82) is 0 Å². The van der Waals surface area contributed by atoms with Crippen molar-refractivity contribution in [2.45, 2.75) is 18.8 Å². The highest BCUT2D eigenvalue weighted by molar-refractivity contribution is 5.00. The number of aromatic nitrogens is 2. The molecule has 1 fully saturated rings. The molecule has 1 unspecified atom stereocenters. The molecule has 1 N–H and O–H groups in total. The summed E-state index contributed by atoms with van der Waals surface area (Å²) in [5.41, 5.74) is 0. The number of nitrogens with one attached hydrogen (secondary N) is 1. The summed E-state index contributed by atoms with van der Waals surface area (Å²) in [5, 5.41) is 3.27. The molecule has 0 amide bonds. The Kier molecular flexibility index (Phi) is 2.49. The normalized spacial score (nSPS) is 23.0. The summed E-state index contributed by atoms with van der Waals surface area (Å²) in [7, 11) is 0. The minimum atomic E-state index is -0.368. The molecule has 0 aliphatic carbocycles. The van der Waals surface area contributed by atoms with Gasteiger partial charge in [-0.2, -0.15) is 0 Å². The van der Waals surface area contributed by atoms with Gasteiger partial charge in [0.05, 0.1) is 12.4 Å².